The molecule has 1 amide bonds. The van der Waals surface area contributed by atoms with Crippen molar-refractivity contribution in [2.24, 2.45) is 0 Å². The Hall–Kier alpha value is -2.11. The first-order chi connectivity index (χ1) is 13.0. The van der Waals surface area contributed by atoms with Crippen molar-refractivity contribution in [3.05, 3.63) is 64.9 Å². The molecule has 0 unspecified atom stereocenters. The van der Waals surface area contributed by atoms with Crippen LogP contribution in [0.1, 0.15) is 12.5 Å². The van der Waals surface area contributed by atoms with E-state index in [1.165, 1.54) is 12.1 Å². The molecule has 1 aliphatic rings. The number of halogens is 2. The number of benzene rings is 2. The van der Waals surface area contributed by atoms with Crippen LogP contribution in [0.4, 0.5) is 10.1 Å². The number of anilines is 1. The molecule has 1 heterocycles. The quantitative estimate of drug-likeness (QED) is 0.823. The van der Waals surface area contributed by atoms with E-state index in [2.05, 4.69) is 21.2 Å². The lowest BCUT2D eigenvalue weighted by Gasteiger charge is -2.38. The molecule has 0 bridgehead atoms. The Morgan fingerprint density at radius 2 is 1.85 bits per heavy atom. The summed E-state index contributed by atoms with van der Waals surface area (Å²) >= 11 is 6.08. The molecule has 0 aromatic heterocycles. The van der Waals surface area contributed by atoms with Gasteiger partial charge in [-0.25, -0.2) is 4.39 Å². The highest BCUT2D eigenvalue weighted by Crippen LogP contribution is 2.21. The highest BCUT2D eigenvalue weighted by molar-refractivity contribution is 6.30. The lowest BCUT2D eigenvalue weighted by molar-refractivity contribution is -0.125. The van der Waals surface area contributed by atoms with Crippen molar-refractivity contribution in [2.45, 2.75) is 19.4 Å². The molecule has 1 fully saturated rings. The van der Waals surface area contributed by atoms with E-state index in [1.54, 1.807) is 12.1 Å². The molecule has 0 aliphatic carbocycles. The van der Waals surface area contributed by atoms with Crippen LogP contribution < -0.4 is 10.2 Å². The summed E-state index contributed by atoms with van der Waals surface area (Å²) in [6, 6.07) is 14.1. The van der Waals surface area contributed by atoms with Gasteiger partial charge in [0.1, 0.15) is 5.82 Å². The van der Waals surface area contributed by atoms with Crippen molar-refractivity contribution in [1.82, 2.24) is 10.2 Å². The van der Waals surface area contributed by atoms with Gasteiger partial charge in [0.15, 0.2) is 0 Å². The number of carbonyl (C=O) groups is 1. The summed E-state index contributed by atoms with van der Waals surface area (Å²) < 4.78 is 12.9. The highest BCUT2D eigenvalue weighted by Gasteiger charge is 2.25. The van der Waals surface area contributed by atoms with Gasteiger partial charge in [-0.2, -0.15) is 0 Å². The summed E-state index contributed by atoms with van der Waals surface area (Å²) in [6.07, 6.45) is 0.696. The molecule has 0 spiro atoms. The average molecular weight is 390 g/mol. The van der Waals surface area contributed by atoms with Crippen molar-refractivity contribution in [3.8, 4) is 0 Å². The molecule has 0 radical (unpaired) electrons. The zero-order valence-electron chi connectivity index (χ0n) is 15.5. The van der Waals surface area contributed by atoms with Gasteiger partial charge >= 0.3 is 0 Å². The van der Waals surface area contributed by atoms with Gasteiger partial charge in [-0.3, -0.25) is 9.69 Å². The molecule has 4 nitrogen and oxygen atoms in total. The molecule has 2 aromatic rings. The smallest absolute Gasteiger partial charge is 0.237 e. The van der Waals surface area contributed by atoms with E-state index in [0.29, 0.717) is 13.0 Å². The number of piperazine rings is 1. The van der Waals surface area contributed by atoms with E-state index >= 15 is 0 Å². The summed E-state index contributed by atoms with van der Waals surface area (Å²) in [5.74, 6) is -0.207. The van der Waals surface area contributed by atoms with Gasteiger partial charge in [-0.05, 0) is 49.2 Å². The van der Waals surface area contributed by atoms with Crippen molar-refractivity contribution in [1.29, 1.82) is 0 Å². The molecule has 2 aromatic carbocycles. The summed E-state index contributed by atoms with van der Waals surface area (Å²) in [7, 11) is 0. The van der Waals surface area contributed by atoms with E-state index in [9.17, 15) is 9.18 Å². The van der Waals surface area contributed by atoms with Crippen LogP contribution in [0.3, 0.4) is 0 Å². The van der Waals surface area contributed by atoms with E-state index in [4.69, 9.17) is 11.6 Å². The third-order valence-corrected chi connectivity index (χ3v) is 5.28. The van der Waals surface area contributed by atoms with E-state index in [1.807, 2.05) is 25.1 Å². The molecule has 1 aliphatic heterocycles. The zero-order valence-corrected chi connectivity index (χ0v) is 16.3. The van der Waals surface area contributed by atoms with Crippen molar-refractivity contribution in [3.63, 3.8) is 0 Å². The molecule has 3 rings (SSSR count). The average Bonchev–Trinajstić information content (AvgIpc) is 2.69. The van der Waals surface area contributed by atoms with Gasteiger partial charge in [0.25, 0.3) is 0 Å². The van der Waals surface area contributed by atoms with Crippen molar-refractivity contribution in [2.75, 3.05) is 37.6 Å². The minimum Gasteiger partial charge on any atom is -0.369 e. The Morgan fingerprint density at radius 1 is 1.15 bits per heavy atom. The van der Waals surface area contributed by atoms with Crippen molar-refractivity contribution >= 4 is 23.2 Å². The Bertz CT molecular complexity index is 760. The molecule has 144 valence electrons. The molecule has 1 atom stereocenters. The highest BCUT2D eigenvalue weighted by atomic mass is 35.5. The Morgan fingerprint density at radius 3 is 2.52 bits per heavy atom. The maximum Gasteiger partial charge on any atom is 0.237 e. The van der Waals surface area contributed by atoms with E-state index < -0.39 is 0 Å². The normalized spacial score (nSPS) is 16.2. The zero-order chi connectivity index (χ0) is 19.2. The van der Waals surface area contributed by atoms with Gasteiger partial charge in [0.05, 0.1) is 6.04 Å². The second-order valence-corrected chi connectivity index (χ2v) is 7.28. The number of amides is 1. The summed E-state index contributed by atoms with van der Waals surface area (Å²) in [5.41, 5.74) is 2.14. The minimum atomic E-state index is -0.242. The van der Waals surface area contributed by atoms with Crippen LogP contribution in [0.5, 0.6) is 0 Å². The van der Waals surface area contributed by atoms with E-state index in [-0.39, 0.29) is 17.8 Å². The van der Waals surface area contributed by atoms with Crippen LogP contribution in [0.15, 0.2) is 48.5 Å². The fourth-order valence-electron chi connectivity index (χ4n) is 3.33. The lowest BCUT2D eigenvalue weighted by atomic mass is 10.1. The van der Waals surface area contributed by atoms with Crippen LogP contribution in [0.25, 0.3) is 0 Å². The van der Waals surface area contributed by atoms with Gasteiger partial charge in [0, 0.05) is 43.4 Å². The largest absolute Gasteiger partial charge is 0.369 e. The summed E-state index contributed by atoms with van der Waals surface area (Å²) in [5, 5.41) is 3.73. The molecule has 0 saturated carbocycles. The van der Waals surface area contributed by atoms with Gasteiger partial charge < -0.3 is 10.2 Å². The van der Waals surface area contributed by atoms with Gasteiger partial charge in [-0.1, -0.05) is 29.8 Å². The molecular formula is C21H25ClFN3O. The fraction of sp³-hybridized carbons (Fsp3) is 0.381. The predicted octanol–water partition coefficient (Wildman–Crippen LogP) is 3.35. The second kappa shape index (κ2) is 9.20. The maximum atomic E-state index is 12.9. The maximum absolute atomic E-state index is 12.9. The summed E-state index contributed by atoms with van der Waals surface area (Å²) in [6.45, 7) is 5.90. The van der Waals surface area contributed by atoms with Crippen molar-refractivity contribution < 1.29 is 9.18 Å². The molecule has 1 saturated heterocycles. The monoisotopic (exact) mass is 389 g/mol. The predicted molar refractivity (Wildman–Crippen MR) is 108 cm³/mol. The Labute approximate surface area is 164 Å². The number of carbonyl (C=O) groups excluding carboxylic acids is 1. The minimum absolute atomic E-state index is 0.0355. The summed E-state index contributed by atoms with van der Waals surface area (Å²) in [4.78, 5) is 16.9. The first kappa shape index (κ1) is 19.6. The molecular weight excluding hydrogens is 365 g/mol. The second-order valence-electron chi connectivity index (χ2n) is 6.85. The molecule has 27 heavy (non-hydrogen) atoms. The number of rotatable bonds is 6. The van der Waals surface area contributed by atoms with Crippen LogP contribution in [-0.4, -0.2) is 49.6 Å². The number of hydrogen-bond acceptors (Lipinski definition) is 3. The Balaban J connectivity index is 1.43. The Kier molecular flexibility index (Phi) is 6.69. The van der Waals surface area contributed by atoms with Crippen LogP contribution in [0, 0.1) is 5.82 Å². The molecule has 1 N–H and O–H groups in total. The van der Waals surface area contributed by atoms with Crippen LogP contribution >= 0.6 is 11.6 Å². The third kappa shape index (κ3) is 5.44. The number of nitrogens with one attached hydrogen (secondary N) is 1. The van der Waals surface area contributed by atoms with Crippen LogP contribution in [-0.2, 0) is 11.2 Å². The standard InChI is InChI=1S/C21H25ClFN3O/c1-16(21(27)24-10-9-17-5-7-19(23)8-6-17)25-11-13-26(14-12-25)20-4-2-3-18(22)15-20/h2-8,15-16H,9-14H2,1H3,(H,24,27)/t16-/m0/s1. The number of nitrogens with zero attached hydrogens (tertiary/aromatic N) is 2. The topological polar surface area (TPSA) is 35.6 Å². The van der Waals surface area contributed by atoms with Crippen LogP contribution in [0.2, 0.25) is 5.02 Å². The molecule has 6 heteroatoms. The van der Waals surface area contributed by atoms with Gasteiger partial charge in [0.2, 0.25) is 5.91 Å². The third-order valence-electron chi connectivity index (χ3n) is 5.04. The van der Waals surface area contributed by atoms with Gasteiger partial charge in [-0.15, -0.1) is 0 Å². The first-order valence-corrected chi connectivity index (χ1v) is 9.67. The fourth-order valence-corrected chi connectivity index (χ4v) is 3.52. The SMILES string of the molecule is C[C@@H](C(=O)NCCc1ccc(F)cc1)N1CCN(c2cccc(Cl)c2)CC1. The number of hydrogen-bond donors (Lipinski definition) is 1. The first-order valence-electron chi connectivity index (χ1n) is 9.29. The van der Waals surface area contributed by atoms with E-state index in [0.717, 1.165) is 42.5 Å². The lowest BCUT2D eigenvalue weighted by Crippen LogP contribution is -2.54.